The fraction of sp³-hybridized carbons (Fsp3) is 0.889. The molecule has 0 aromatic rings. The van der Waals surface area contributed by atoms with Gasteiger partial charge in [0.2, 0.25) is 0 Å². The summed E-state index contributed by atoms with van der Waals surface area (Å²) in [5.74, 6) is -1.59. The molecule has 1 fully saturated rings. The van der Waals surface area contributed by atoms with Crippen molar-refractivity contribution in [2.24, 2.45) is 0 Å². The van der Waals surface area contributed by atoms with Crippen molar-refractivity contribution in [3.63, 3.8) is 0 Å². The molecule has 5 nitrogen and oxygen atoms in total. The molecule has 0 radical (unpaired) electrons. The molecule has 0 aromatic carbocycles. The van der Waals surface area contributed by atoms with Crippen LogP contribution in [-0.4, -0.2) is 34.7 Å². The van der Waals surface area contributed by atoms with Gasteiger partial charge < -0.3 is 20.3 Å². The Hall–Kier alpha value is -0.810. The minimum atomic E-state index is -1.59. The molecule has 1 amide bonds. The summed E-state index contributed by atoms with van der Waals surface area (Å²) < 4.78 is 5.15. The number of rotatable bonds is 1. The SMILES string of the molecule is CNC(=O)OC1(C)CCC(O)(O)CC1. The largest absolute Gasteiger partial charge is 0.443 e. The summed E-state index contributed by atoms with van der Waals surface area (Å²) in [6, 6.07) is 0. The molecular formula is C9H17NO4. The average Bonchev–Trinajstić information content (AvgIpc) is 2.11. The highest BCUT2D eigenvalue weighted by Crippen LogP contribution is 2.35. The monoisotopic (exact) mass is 203 g/mol. The van der Waals surface area contributed by atoms with E-state index < -0.39 is 17.5 Å². The zero-order valence-electron chi connectivity index (χ0n) is 8.54. The molecular weight excluding hydrogens is 186 g/mol. The van der Waals surface area contributed by atoms with Gasteiger partial charge in [0, 0.05) is 19.9 Å². The first-order valence-electron chi connectivity index (χ1n) is 4.72. The zero-order valence-corrected chi connectivity index (χ0v) is 8.54. The maximum Gasteiger partial charge on any atom is 0.407 e. The Morgan fingerprint density at radius 2 is 1.79 bits per heavy atom. The maximum atomic E-state index is 11.0. The molecule has 82 valence electrons. The van der Waals surface area contributed by atoms with E-state index in [1.807, 2.05) is 0 Å². The Balaban J connectivity index is 2.49. The second-order valence-corrected chi connectivity index (χ2v) is 4.07. The number of hydrogen-bond acceptors (Lipinski definition) is 4. The molecule has 0 atom stereocenters. The van der Waals surface area contributed by atoms with Gasteiger partial charge >= 0.3 is 6.09 Å². The van der Waals surface area contributed by atoms with Crippen LogP contribution in [0.15, 0.2) is 0 Å². The van der Waals surface area contributed by atoms with E-state index in [0.29, 0.717) is 12.8 Å². The van der Waals surface area contributed by atoms with E-state index in [1.165, 1.54) is 7.05 Å². The van der Waals surface area contributed by atoms with E-state index in [4.69, 9.17) is 4.74 Å². The van der Waals surface area contributed by atoms with Crippen molar-refractivity contribution < 1.29 is 19.7 Å². The Kier molecular flexibility index (Phi) is 3.01. The van der Waals surface area contributed by atoms with Crippen LogP contribution in [0, 0.1) is 0 Å². The van der Waals surface area contributed by atoms with Crippen molar-refractivity contribution in [1.82, 2.24) is 5.32 Å². The number of amides is 1. The van der Waals surface area contributed by atoms with Crippen molar-refractivity contribution in [2.75, 3.05) is 7.05 Å². The highest BCUT2D eigenvalue weighted by molar-refractivity contribution is 5.67. The second-order valence-electron chi connectivity index (χ2n) is 4.07. The Morgan fingerprint density at radius 3 is 2.21 bits per heavy atom. The average molecular weight is 203 g/mol. The Bertz CT molecular complexity index is 217. The first-order valence-corrected chi connectivity index (χ1v) is 4.72. The van der Waals surface area contributed by atoms with Crippen molar-refractivity contribution in [1.29, 1.82) is 0 Å². The van der Waals surface area contributed by atoms with Gasteiger partial charge in [-0.05, 0) is 19.8 Å². The normalized spacial score (nSPS) is 24.0. The summed E-state index contributed by atoms with van der Waals surface area (Å²) in [5, 5.41) is 21.0. The van der Waals surface area contributed by atoms with Crippen LogP contribution in [0.25, 0.3) is 0 Å². The van der Waals surface area contributed by atoms with E-state index >= 15 is 0 Å². The number of nitrogens with one attached hydrogen (secondary N) is 1. The quantitative estimate of drug-likeness (QED) is 0.537. The highest BCUT2D eigenvalue weighted by atomic mass is 16.6. The number of hydrogen-bond donors (Lipinski definition) is 3. The molecule has 0 saturated heterocycles. The molecule has 5 heteroatoms. The first-order chi connectivity index (χ1) is 6.37. The predicted octanol–water partition coefficient (Wildman–Crippen LogP) is 0.356. The minimum Gasteiger partial charge on any atom is -0.443 e. The van der Waals surface area contributed by atoms with Gasteiger partial charge in [0.25, 0.3) is 0 Å². The molecule has 1 aliphatic rings. The van der Waals surface area contributed by atoms with Crippen LogP contribution in [0.4, 0.5) is 4.79 Å². The predicted molar refractivity (Wildman–Crippen MR) is 49.6 cm³/mol. The molecule has 1 saturated carbocycles. The van der Waals surface area contributed by atoms with Crippen LogP contribution in [0.2, 0.25) is 0 Å². The van der Waals surface area contributed by atoms with Gasteiger partial charge in [0.1, 0.15) is 5.60 Å². The fourth-order valence-corrected chi connectivity index (χ4v) is 1.56. The molecule has 0 heterocycles. The molecule has 0 aromatic heterocycles. The van der Waals surface area contributed by atoms with Gasteiger partial charge in [-0.1, -0.05) is 0 Å². The first kappa shape index (κ1) is 11.3. The minimum absolute atomic E-state index is 0.237. The molecule has 1 rings (SSSR count). The number of carbonyl (C=O) groups excluding carboxylic acids is 1. The lowest BCUT2D eigenvalue weighted by atomic mass is 9.83. The zero-order chi connectivity index (χ0) is 10.8. The lowest BCUT2D eigenvalue weighted by Gasteiger charge is -2.38. The summed E-state index contributed by atoms with van der Waals surface area (Å²) in [4.78, 5) is 11.0. The number of ether oxygens (including phenoxy) is 1. The van der Waals surface area contributed by atoms with Gasteiger partial charge in [0.05, 0.1) is 0 Å². The van der Waals surface area contributed by atoms with Gasteiger partial charge in [-0.15, -0.1) is 0 Å². The van der Waals surface area contributed by atoms with Gasteiger partial charge in [-0.3, -0.25) is 0 Å². The molecule has 1 aliphatic carbocycles. The van der Waals surface area contributed by atoms with E-state index in [9.17, 15) is 15.0 Å². The lowest BCUT2D eigenvalue weighted by Crippen LogP contribution is -2.44. The number of carbonyl (C=O) groups is 1. The fourth-order valence-electron chi connectivity index (χ4n) is 1.56. The van der Waals surface area contributed by atoms with Crippen LogP contribution < -0.4 is 5.32 Å². The Labute approximate surface area is 83.1 Å². The molecule has 0 unspecified atom stereocenters. The summed E-state index contributed by atoms with van der Waals surface area (Å²) in [6.07, 6.45) is 0.929. The highest BCUT2D eigenvalue weighted by Gasteiger charge is 2.40. The summed E-state index contributed by atoms with van der Waals surface area (Å²) in [7, 11) is 1.50. The van der Waals surface area contributed by atoms with Crippen LogP contribution in [0.1, 0.15) is 32.6 Å². The molecule has 0 bridgehead atoms. The second kappa shape index (κ2) is 3.74. The summed E-state index contributed by atoms with van der Waals surface area (Å²) >= 11 is 0. The van der Waals surface area contributed by atoms with E-state index in [1.54, 1.807) is 6.92 Å². The van der Waals surface area contributed by atoms with Crippen LogP contribution >= 0.6 is 0 Å². The lowest BCUT2D eigenvalue weighted by molar-refractivity contribution is -0.203. The topological polar surface area (TPSA) is 78.8 Å². The third-order valence-corrected chi connectivity index (χ3v) is 2.65. The molecule has 14 heavy (non-hydrogen) atoms. The molecule has 3 N–H and O–H groups in total. The van der Waals surface area contributed by atoms with E-state index in [-0.39, 0.29) is 12.8 Å². The number of aliphatic hydroxyl groups is 2. The third-order valence-electron chi connectivity index (χ3n) is 2.65. The van der Waals surface area contributed by atoms with Crippen LogP contribution in [0.3, 0.4) is 0 Å². The van der Waals surface area contributed by atoms with Crippen LogP contribution in [0.5, 0.6) is 0 Å². The van der Waals surface area contributed by atoms with Gasteiger partial charge in [-0.25, -0.2) is 4.79 Å². The van der Waals surface area contributed by atoms with Crippen molar-refractivity contribution >= 4 is 6.09 Å². The van der Waals surface area contributed by atoms with Crippen molar-refractivity contribution in [3.8, 4) is 0 Å². The Morgan fingerprint density at radius 1 is 1.29 bits per heavy atom. The molecule has 0 aliphatic heterocycles. The standard InChI is InChI=1S/C9H17NO4/c1-8(14-7(11)10-2)3-5-9(12,13)6-4-8/h12-13H,3-6H2,1-2H3,(H,10,11). The van der Waals surface area contributed by atoms with Gasteiger partial charge in [0.15, 0.2) is 5.79 Å². The summed E-state index contributed by atoms with van der Waals surface area (Å²) in [6.45, 7) is 1.80. The van der Waals surface area contributed by atoms with E-state index in [0.717, 1.165) is 0 Å². The molecule has 0 spiro atoms. The smallest absolute Gasteiger partial charge is 0.407 e. The van der Waals surface area contributed by atoms with Crippen LogP contribution in [-0.2, 0) is 4.74 Å². The summed E-state index contributed by atoms with van der Waals surface area (Å²) in [5.41, 5.74) is -0.574. The maximum absolute atomic E-state index is 11.0. The number of alkyl carbamates (subject to hydrolysis) is 1. The van der Waals surface area contributed by atoms with Crippen molar-refractivity contribution in [3.05, 3.63) is 0 Å². The van der Waals surface area contributed by atoms with Crippen molar-refractivity contribution in [2.45, 2.75) is 44.0 Å². The van der Waals surface area contributed by atoms with E-state index in [2.05, 4.69) is 5.32 Å². The third kappa shape index (κ3) is 2.85. The van der Waals surface area contributed by atoms with Gasteiger partial charge in [-0.2, -0.15) is 0 Å².